The Morgan fingerprint density at radius 2 is 1.33 bits per heavy atom. The average Bonchev–Trinajstić information content (AvgIpc) is 3.69. The van der Waals surface area contributed by atoms with Crippen molar-refractivity contribution in [2.24, 2.45) is 0 Å². The van der Waals surface area contributed by atoms with Crippen LogP contribution in [-0.2, 0) is 5.41 Å². The van der Waals surface area contributed by atoms with Crippen LogP contribution in [0.5, 0.6) is 0 Å². The normalized spacial score (nSPS) is 13.7. The van der Waals surface area contributed by atoms with E-state index in [1.54, 1.807) is 0 Å². The van der Waals surface area contributed by atoms with E-state index in [-0.39, 0.29) is 5.41 Å². The van der Waals surface area contributed by atoms with Crippen molar-refractivity contribution in [1.82, 2.24) is 19.5 Å². The summed E-state index contributed by atoms with van der Waals surface area (Å²) in [5, 5.41) is 5.85. The van der Waals surface area contributed by atoms with E-state index in [0.29, 0.717) is 5.95 Å². The van der Waals surface area contributed by atoms with E-state index in [0.717, 1.165) is 44.2 Å². The molecule has 4 nitrogen and oxygen atoms in total. The third kappa shape index (κ3) is 3.26. The van der Waals surface area contributed by atoms with Gasteiger partial charge in [0.2, 0.25) is 5.95 Å². The zero-order valence-electron chi connectivity index (χ0n) is 25.0. The Hall–Kier alpha value is -5.74. The zero-order valence-corrected chi connectivity index (χ0v) is 25.0. The average molecular weight is 577 g/mol. The molecule has 9 aromatic rings. The molecule has 6 aromatic carbocycles. The van der Waals surface area contributed by atoms with Gasteiger partial charge in [0.25, 0.3) is 0 Å². The Kier molecular flexibility index (Phi) is 4.76. The van der Waals surface area contributed by atoms with Gasteiger partial charge in [-0.15, -0.1) is 0 Å². The van der Waals surface area contributed by atoms with Crippen LogP contribution >= 0.6 is 0 Å². The zero-order chi connectivity index (χ0) is 29.9. The van der Waals surface area contributed by atoms with E-state index in [1.807, 2.05) is 6.07 Å². The third-order valence-corrected chi connectivity index (χ3v) is 9.94. The van der Waals surface area contributed by atoms with E-state index >= 15 is 0 Å². The standard InChI is InChI=1S/C41H28N4/c1-41(2)31-17-9-6-14-25(31)29-23-35-30(22-32(29)41)37-34(42-35)21-20-27-26-15-8-11-19-36(26)45(39(27)37)40-43-33-18-10-7-16-28(33)38(44-40)24-12-4-3-5-13-24/h3-23,42H,1-2H3. The van der Waals surface area contributed by atoms with Gasteiger partial charge in [-0.05, 0) is 52.6 Å². The molecule has 0 spiro atoms. The highest BCUT2D eigenvalue weighted by molar-refractivity contribution is 6.25. The molecule has 3 heterocycles. The van der Waals surface area contributed by atoms with Crippen LogP contribution < -0.4 is 0 Å². The monoisotopic (exact) mass is 576 g/mol. The minimum Gasteiger partial charge on any atom is -0.354 e. The summed E-state index contributed by atoms with van der Waals surface area (Å²) >= 11 is 0. The highest BCUT2D eigenvalue weighted by Gasteiger charge is 2.36. The Morgan fingerprint density at radius 3 is 2.22 bits per heavy atom. The van der Waals surface area contributed by atoms with Crippen LogP contribution in [0.2, 0.25) is 0 Å². The molecule has 0 atom stereocenters. The number of nitrogens with zero attached hydrogens (tertiary/aromatic N) is 3. The Balaban J connectivity index is 1.36. The highest BCUT2D eigenvalue weighted by atomic mass is 15.2. The van der Waals surface area contributed by atoms with E-state index in [2.05, 4.69) is 145 Å². The van der Waals surface area contributed by atoms with Crippen molar-refractivity contribution in [1.29, 1.82) is 0 Å². The van der Waals surface area contributed by atoms with Gasteiger partial charge in [0, 0.05) is 48.9 Å². The first-order chi connectivity index (χ1) is 22.1. The molecule has 0 amide bonds. The van der Waals surface area contributed by atoms with E-state index in [1.165, 1.54) is 43.8 Å². The summed E-state index contributed by atoms with van der Waals surface area (Å²) in [4.78, 5) is 14.4. The molecule has 3 aromatic heterocycles. The Labute approximate surface area is 259 Å². The van der Waals surface area contributed by atoms with Gasteiger partial charge < -0.3 is 4.98 Å². The summed E-state index contributed by atoms with van der Waals surface area (Å²) in [7, 11) is 0. The van der Waals surface area contributed by atoms with Crippen LogP contribution in [0.25, 0.3) is 82.8 Å². The number of nitrogens with one attached hydrogen (secondary N) is 1. The van der Waals surface area contributed by atoms with Crippen LogP contribution in [0.4, 0.5) is 0 Å². The summed E-state index contributed by atoms with van der Waals surface area (Å²) in [6.45, 7) is 4.69. The number of benzene rings is 6. The first kappa shape index (κ1) is 24.7. The summed E-state index contributed by atoms with van der Waals surface area (Å²) in [6.07, 6.45) is 0. The van der Waals surface area contributed by atoms with Gasteiger partial charge >= 0.3 is 0 Å². The van der Waals surface area contributed by atoms with Gasteiger partial charge in [-0.25, -0.2) is 9.97 Å². The number of H-pyrrole nitrogens is 1. The SMILES string of the molecule is CC1(C)c2ccccc2-c2cc3[nH]c4ccc5c6ccccc6n(-c6nc(-c7ccccc7)c7ccccc7n6)c5c4c3cc21. The van der Waals surface area contributed by atoms with Crippen molar-refractivity contribution in [3.63, 3.8) is 0 Å². The molecular formula is C41H28N4. The second-order valence-corrected chi connectivity index (χ2v) is 12.7. The molecule has 0 saturated heterocycles. The van der Waals surface area contributed by atoms with Gasteiger partial charge in [-0.1, -0.05) is 111 Å². The van der Waals surface area contributed by atoms with Crippen molar-refractivity contribution in [2.75, 3.05) is 0 Å². The molecule has 0 radical (unpaired) electrons. The van der Waals surface area contributed by atoms with Crippen molar-refractivity contribution >= 4 is 54.5 Å². The molecule has 212 valence electrons. The lowest BCUT2D eigenvalue weighted by Crippen LogP contribution is -2.14. The number of hydrogen-bond acceptors (Lipinski definition) is 2. The first-order valence-electron chi connectivity index (χ1n) is 15.5. The largest absolute Gasteiger partial charge is 0.354 e. The van der Waals surface area contributed by atoms with Crippen molar-refractivity contribution in [3.05, 3.63) is 139 Å². The number of rotatable bonds is 2. The molecule has 0 bridgehead atoms. The summed E-state index contributed by atoms with van der Waals surface area (Å²) in [5.41, 5.74) is 12.7. The predicted molar refractivity (Wildman–Crippen MR) is 186 cm³/mol. The van der Waals surface area contributed by atoms with Crippen molar-refractivity contribution in [3.8, 4) is 28.3 Å². The van der Waals surface area contributed by atoms with Crippen molar-refractivity contribution < 1.29 is 0 Å². The summed E-state index contributed by atoms with van der Waals surface area (Å²) in [6, 6.07) is 45.5. The molecule has 0 aliphatic heterocycles. The highest BCUT2D eigenvalue weighted by Crippen LogP contribution is 2.51. The second kappa shape index (κ2) is 8.67. The fourth-order valence-corrected chi connectivity index (χ4v) is 7.83. The molecular weight excluding hydrogens is 548 g/mol. The lowest BCUT2D eigenvalue weighted by Gasteiger charge is -2.21. The van der Waals surface area contributed by atoms with Gasteiger partial charge in [0.15, 0.2) is 0 Å². The maximum atomic E-state index is 5.33. The molecule has 45 heavy (non-hydrogen) atoms. The number of hydrogen-bond donors (Lipinski definition) is 1. The lowest BCUT2D eigenvalue weighted by atomic mass is 9.82. The molecule has 4 heteroatoms. The third-order valence-electron chi connectivity index (χ3n) is 9.94. The van der Waals surface area contributed by atoms with Crippen LogP contribution in [0.3, 0.4) is 0 Å². The van der Waals surface area contributed by atoms with Gasteiger partial charge in [0.1, 0.15) is 0 Å². The fraction of sp³-hybridized carbons (Fsp3) is 0.0732. The number of fused-ring (bicyclic) bond motifs is 11. The van der Waals surface area contributed by atoms with E-state index in [4.69, 9.17) is 9.97 Å². The minimum atomic E-state index is -0.0869. The number of para-hydroxylation sites is 2. The first-order valence-corrected chi connectivity index (χ1v) is 15.5. The predicted octanol–water partition coefficient (Wildman–Crippen LogP) is 10.3. The smallest absolute Gasteiger partial charge is 0.235 e. The van der Waals surface area contributed by atoms with Gasteiger partial charge in [0.05, 0.1) is 22.2 Å². The quantitative estimate of drug-likeness (QED) is 0.223. The van der Waals surface area contributed by atoms with Crippen LogP contribution in [-0.4, -0.2) is 19.5 Å². The molecule has 10 rings (SSSR count). The summed E-state index contributed by atoms with van der Waals surface area (Å²) < 4.78 is 2.28. The molecule has 0 saturated carbocycles. The number of aromatic nitrogens is 4. The van der Waals surface area contributed by atoms with Crippen LogP contribution in [0, 0.1) is 0 Å². The Bertz CT molecular complexity index is 2670. The fourth-order valence-electron chi connectivity index (χ4n) is 7.83. The topological polar surface area (TPSA) is 46.5 Å². The minimum absolute atomic E-state index is 0.0869. The molecule has 0 fully saturated rings. The van der Waals surface area contributed by atoms with Crippen LogP contribution in [0.1, 0.15) is 25.0 Å². The summed E-state index contributed by atoms with van der Waals surface area (Å²) in [5.74, 6) is 0.675. The van der Waals surface area contributed by atoms with Gasteiger partial charge in [-0.3, -0.25) is 4.57 Å². The molecule has 1 aliphatic rings. The second-order valence-electron chi connectivity index (χ2n) is 12.7. The maximum Gasteiger partial charge on any atom is 0.235 e. The van der Waals surface area contributed by atoms with E-state index in [9.17, 15) is 0 Å². The number of aromatic amines is 1. The van der Waals surface area contributed by atoms with Gasteiger partial charge in [-0.2, -0.15) is 0 Å². The lowest BCUT2D eigenvalue weighted by molar-refractivity contribution is 0.661. The molecule has 1 N–H and O–H groups in total. The maximum absolute atomic E-state index is 5.33. The Morgan fingerprint density at radius 1 is 0.578 bits per heavy atom. The molecule has 0 unspecified atom stereocenters. The van der Waals surface area contributed by atoms with E-state index < -0.39 is 0 Å². The van der Waals surface area contributed by atoms with Crippen LogP contribution in [0.15, 0.2) is 127 Å². The molecule has 1 aliphatic carbocycles. The van der Waals surface area contributed by atoms with Crippen molar-refractivity contribution in [2.45, 2.75) is 19.3 Å².